The highest BCUT2D eigenvalue weighted by atomic mass is 35.5. The van der Waals surface area contributed by atoms with Gasteiger partial charge in [0.05, 0.1) is 5.69 Å². The molecule has 2 aliphatic rings. The maximum Gasteiger partial charge on any atom is 0.250 e. The van der Waals surface area contributed by atoms with Gasteiger partial charge in [-0.25, -0.2) is 0 Å². The van der Waals surface area contributed by atoms with E-state index >= 15 is 0 Å². The highest BCUT2D eigenvalue weighted by molar-refractivity contribution is 8.01. The Morgan fingerprint density at radius 1 is 1.03 bits per heavy atom. The number of carbonyl (C=O) groups excluding carboxylic acids is 3. The number of anilines is 2. The Bertz CT molecular complexity index is 992. The van der Waals surface area contributed by atoms with E-state index < -0.39 is 5.25 Å². The number of hydrogen-bond donors (Lipinski definition) is 1. The van der Waals surface area contributed by atoms with Gasteiger partial charge in [0.1, 0.15) is 6.54 Å². The molecule has 0 unspecified atom stereocenters. The predicted molar refractivity (Wildman–Crippen MR) is 124 cm³/mol. The third kappa shape index (κ3) is 5.05. The van der Waals surface area contributed by atoms with Crippen molar-refractivity contribution in [2.75, 3.05) is 29.9 Å². The number of carbonyl (C=O) groups is 3. The maximum absolute atomic E-state index is 13.4. The highest BCUT2D eigenvalue weighted by Gasteiger charge is 2.40. The molecule has 2 aromatic rings. The van der Waals surface area contributed by atoms with Crippen LogP contribution in [0.1, 0.15) is 25.7 Å². The monoisotopic (exact) mass is 457 g/mol. The van der Waals surface area contributed by atoms with Crippen LogP contribution in [0.15, 0.2) is 53.4 Å². The van der Waals surface area contributed by atoms with Crippen molar-refractivity contribution in [3.63, 3.8) is 0 Å². The number of para-hydroxylation sites is 1. The Kier molecular flexibility index (Phi) is 6.83. The average Bonchev–Trinajstić information content (AvgIpc) is 3.05. The fourth-order valence-electron chi connectivity index (χ4n) is 3.90. The van der Waals surface area contributed by atoms with Gasteiger partial charge in [0.15, 0.2) is 5.25 Å². The number of benzene rings is 2. The molecule has 1 saturated heterocycles. The van der Waals surface area contributed by atoms with Crippen molar-refractivity contribution in [2.45, 2.75) is 35.8 Å². The van der Waals surface area contributed by atoms with Gasteiger partial charge in [-0.2, -0.15) is 0 Å². The molecule has 8 heteroatoms. The minimum Gasteiger partial charge on any atom is -0.341 e. The minimum atomic E-state index is -0.869. The first kappa shape index (κ1) is 21.7. The fraction of sp³-hybridized carbons (Fsp3) is 0.348. The number of fused-ring (bicyclic) bond motifs is 1. The molecule has 0 saturated carbocycles. The standard InChI is InChI=1S/C23H24ClN3O3S/c24-16-8-7-9-17(14-16)25-20(28)15-27-18-10-3-4-11-19(18)31-21(23(27)30)22(29)26-12-5-1-2-6-13-26/h3-4,7-11,14,21H,1-2,5-6,12-13,15H2,(H,25,28)/t21-/m0/s1. The van der Waals surface area contributed by atoms with Gasteiger partial charge < -0.3 is 15.1 Å². The summed E-state index contributed by atoms with van der Waals surface area (Å²) < 4.78 is 0. The minimum absolute atomic E-state index is 0.161. The second-order valence-corrected chi connectivity index (χ2v) is 9.27. The quantitative estimate of drug-likeness (QED) is 0.699. The van der Waals surface area contributed by atoms with Crippen LogP contribution in [0.2, 0.25) is 5.02 Å². The van der Waals surface area contributed by atoms with Crippen molar-refractivity contribution in [3.05, 3.63) is 53.6 Å². The van der Waals surface area contributed by atoms with E-state index in [1.807, 2.05) is 18.2 Å². The Balaban J connectivity index is 1.54. The van der Waals surface area contributed by atoms with E-state index in [2.05, 4.69) is 5.32 Å². The van der Waals surface area contributed by atoms with E-state index in [0.717, 1.165) is 30.6 Å². The van der Waals surface area contributed by atoms with Gasteiger partial charge in [0.25, 0.3) is 5.91 Å². The van der Waals surface area contributed by atoms with Crippen LogP contribution >= 0.6 is 23.4 Å². The molecule has 162 valence electrons. The van der Waals surface area contributed by atoms with E-state index in [4.69, 9.17) is 11.6 Å². The fourth-order valence-corrected chi connectivity index (χ4v) is 5.28. The summed E-state index contributed by atoms with van der Waals surface area (Å²) in [4.78, 5) is 43.4. The third-order valence-corrected chi connectivity index (χ3v) is 6.92. The molecular formula is C23H24ClN3O3S. The summed E-state index contributed by atoms with van der Waals surface area (Å²) in [5.74, 6) is -0.857. The second kappa shape index (κ2) is 9.75. The lowest BCUT2D eigenvalue weighted by Gasteiger charge is -2.34. The molecule has 2 aliphatic heterocycles. The van der Waals surface area contributed by atoms with E-state index in [1.54, 1.807) is 35.2 Å². The summed E-state index contributed by atoms with van der Waals surface area (Å²) in [6.45, 7) is 1.19. The second-order valence-electron chi connectivity index (χ2n) is 7.69. The zero-order valence-corrected chi connectivity index (χ0v) is 18.6. The van der Waals surface area contributed by atoms with Gasteiger partial charge >= 0.3 is 0 Å². The Hall–Kier alpha value is -2.51. The highest BCUT2D eigenvalue weighted by Crippen LogP contribution is 2.39. The van der Waals surface area contributed by atoms with E-state index in [1.165, 1.54) is 16.7 Å². The van der Waals surface area contributed by atoms with Crippen LogP contribution in [-0.4, -0.2) is 47.5 Å². The van der Waals surface area contributed by atoms with Gasteiger partial charge in [-0.05, 0) is 43.2 Å². The summed E-state index contributed by atoms with van der Waals surface area (Å²) in [5, 5.41) is 2.42. The van der Waals surface area contributed by atoms with Crippen LogP contribution < -0.4 is 10.2 Å². The van der Waals surface area contributed by atoms with Crippen molar-refractivity contribution in [2.24, 2.45) is 0 Å². The predicted octanol–water partition coefficient (Wildman–Crippen LogP) is 4.19. The first-order valence-electron chi connectivity index (χ1n) is 10.4. The largest absolute Gasteiger partial charge is 0.341 e. The molecule has 0 spiro atoms. The zero-order valence-electron chi connectivity index (χ0n) is 17.1. The smallest absolute Gasteiger partial charge is 0.250 e. The summed E-state index contributed by atoms with van der Waals surface area (Å²) in [5.41, 5.74) is 1.21. The van der Waals surface area contributed by atoms with Gasteiger partial charge in [0, 0.05) is 28.7 Å². The SMILES string of the molecule is O=C(CN1C(=O)[C@H](C(=O)N2CCCCCC2)Sc2ccccc21)Nc1cccc(Cl)c1. The number of thioether (sulfide) groups is 1. The molecule has 4 rings (SSSR count). The third-order valence-electron chi connectivity index (χ3n) is 5.44. The molecule has 1 N–H and O–H groups in total. The number of hydrogen-bond acceptors (Lipinski definition) is 4. The van der Waals surface area contributed by atoms with Crippen LogP contribution in [0, 0.1) is 0 Å². The van der Waals surface area contributed by atoms with Crippen LogP contribution in [0.25, 0.3) is 0 Å². The molecule has 6 nitrogen and oxygen atoms in total. The molecule has 0 aromatic heterocycles. The lowest BCUT2D eigenvalue weighted by atomic mass is 10.2. The molecule has 31 heavy (non-hydrogen) atoms. The maximum atomic E-state index is 13.4. The number of halogens is 1. The lowest BCUT2D eigenvalue weighted by Crippen LogP contribution is -2.51. The number of amides is 3. The number of likely N-dealkylation sites (tertiary alicyclic amines) is 1. The molecule has 1 fully saturated rings. The van der Waals surface area contributed by atoms with Crippen LogP contribution in [0.4, 0.5) is 11.4 Å². The van der Waals surface area contributed by atoms with E-state index in [9.17, 15) is 14.4 Å². The average molecular weight is 458 g/mol. The van der Waals surface area contributed by atoms with Gasteiger partial charge in [-0.3, -0.25) is 14.4 Å². The molecule has 1 atom stereocenters. The van der Waals surface area contributed by atoms with Crippen molar-refractivity contribution in [3.8, 4) is 0 Å². The Morgan fingerprint density at radius 3 is 2.52 bits per heavy atom. The summed E-state index contributed by atoms with van der Waals surface area (Å²) >= 11 is 7.27. The molecule has 0 bridgehead atoms. The number of rotatable bonds is 4. The molecule has 0 aliphatic carbocycles. The molecule has 0 radical (unpaired) electrons. The van der Waals surface area contributed by atoms with Crippen molar-refractivity contribution in [1.29, 1.82) is 0 Å². The van der Waals surface area contributed by atoms with Gasteiger partial charge in [0.2, 0.25) is 11.8 Å². The van der Waals surface area contributed by atoms with Crippen LogP contribution in [0.5, 0.6) is 0 Å². The topological polar surface area (TPSA) is 69.7 Å². The van der Waals surface area contributed by atoms with Crippen molar-refractivity contribution < 1.29 is 14.4 Å². The summed E-state index contributed by atoms with van der Waals surface area (Å²) in [6, 6.07) is 14.2. The normalized spacial score (nSPS) is 18.9. The van der Waals surface area contributed by atoms with Crippen molar-refractivity contribution >= 4 is 52.5 Å². The number of nitrogens with one attached hydrogen (secondary N) is 1. The first-order valence-corrected chi connectivity index (χ1v) is 11.7. The molecule has 3 amide bonds. The summed E-state index contributed by atoms with van der Waals surface area (Å²) in [7, 11) is 0. The van der Waals surface area contributed by atoms with Crippen molar-refractivity contribution in [1.82, 2.24) is 4.90 Å². The number of nitrogens with zero attached hydrogens (tertiary/aromatic N) is 2. The van der Waals surface area contributed by atoms with Gasteiger partial charge in [-0.15, -0.1) is 11.8 Å². The Morgan fingerprint density at radius 2 is 1.77 bits per heavy atom. The van der Waals surface area contributed by atoms with Crippen LogP contribution in [-0.2, 0) is 14.4 Å². The molecular weight excluding hydrogens is 434 g/mol. The molecule has 2 aromatic carbocycles. The van der Waals surface area contributed by atoms with E-state index in [0.29, 0.717) is 29.5 Å². The van der Waals surface area contributed by atoms with E-state index in [-0.39, 0.29) is 24.3 Å². The Labute approximate surface area is 190 Å². The molecule has 2 heterocycles. The van der Waals surface area contributed by atoms with Gasteiger partial charge in [-0.1, -0.05) is 42.6 Å². The first-order chi connectivity index (χ1) is 15.0. The summed E-state index contributed by atoms with van der Waals surface area (Å²) in [6.07, 6.45) is 4.13. The zero-order chi connectivity index (χ0) is 21.8. The van der Waals surface area contributed by atoms with Crippen LogP contribution in [0.3, 0.4) is 0 Å². The lowest BCUT2D eigenvalue weighted by molar-refractivity contribution is -0.135.